The molecule has 4 rings (SSSR count). The Morgan fingerprint density at radius 3 is 2.67 bits per heavy atom. The third-order valence-electron chi connectivity index (χ3n) is 5.56. The van der Waals surface area contributed by atoms with E-state index in [1.165, 1.54) is 0 Å². The molecule has 0 radical (unpaired) electrons. The number of ether oxygens (including phenoxy) is 2. The molecule has 188 valence electrons. The number of carbonyl (C=O) groups is 3. The Balaban J connectivity index is 1.44. The van der Waals surface area contributed by atoms with Gasteiger partial charge in [0.1, 0.15) is 12.6 Å². The molecule has 1 atom stereocenters. The van der Waals surface area contributed by atoms with Gasteiger partial charge in [-0.25, -0.2) is 0 Å². The average Bonchev–Trinajstić information content (AvgIpc) is 3.31. The highest BCUT2D eigenvalue weighted by Crippen LogP contribution is 2.25. The number of thiophene rings is 1. The molecule has 0 spiro atoms. The summed E-state index contributed by atoms with van der Waals surface area (Å²) in [5.41, 5.74) is 3.10. The number of anilines is 2. The maximum Gasteiger partial charge on any atom is 0.262 e. The Labute approximate surface area is 218 Å². The normalized spacial score (nSPS) is 14.4. The molecule has 3 aromatic rings. The van der Waals surface area contributed by atoms with E-state index < -0.39 is 17.9 Å². The average molecular weight is 528 g/mol. The lowest BCUT2D eigenvalue weighted by molar-refractivity contribution is -0.125. The predicted molar refractivity (Wildman–Crippen MR) is 140 cm³/mol. The van der Waals surface area contributed by atoms with Crippen LogP contribution in [0.4, 0.5) is 11.4 Å². The zero-order chi connectivity index (χ0) is 25.5. The van der Waals surface area contributed by atoms with Gasteiger partial charge in [0.25, 0.3) is 11.8 Å². The number of benzene rings is 2. The Hall–Kier alpha value is -3.24. The Bertz CT molecular complexity index is 1230. The molecule has 36 heavy (non-hydrogen) atoms. The molecule has 2 N–H and O–H groups in total. The molecule has 1 fully saturated rings. The first kappa shape index (κ1) is 25.8. The van der Waals surface area contributed by atoms with Crippen molar-refractivity contribution in [2.45, 2.75) is 19.6 Å². The first-order chi connectivity index (χ1) is 17.4. The van der Waals surface area contributed by atoms with E-state index in [0.29, 0.717) is 34.7 Å². The first-order valence-electron chi connectivity index (χ1n) is 11.4. The number of halogens is 1. The highest BCUT2D eigenvalue weighted by Gasteiger charge is 2.24. The van der Waals surface area contributed by atoms with E-state index in [4.69, 9.17) is 21.1 Å². The van der Waals surface area contributed by atoms with Crippen LogP contribution in [0.15, 0.2) is 60.7 Å². The molecule has 1 aliphatic heterocycles. The van der Waals surface area contributed by atoms with E-state index >= 15 is 0 Å². The number of hydrogen-bond donors (Lipinski definition) is 2. The van der Waals surface area contributed by atoms with Gasteiger partial charge >= 0.3 is 0 Å². The van der Waals surface area contributed by atoms with Gasteiger partial charge in [-0.3, -0.25) is 14.4 Å². The molecule has 1 aromatic heterocycles. The van der Waals surface area contributed by atoms with Gasteiger partial charge in [0.2, 0.25) is 5.91 Å². The second kappa shape index (κ2) is 12.1. The van der Waals surface area contributed by atoms with E-state index in [0.717, 1.165) is 28.2 Å². The van der Waals surface area contributed by atoms with Gasteiger partial charge in [0.15, 0.2) is 0 Å². The number of hydrogen-bond acceptors (Lipinski definition) is 6. The van der Waals surface area contributed by atoms with Crippen LogP contribution in [0.5, 0.6) is 0 Å². The molecular weight excluding hydrogens is 502 g/mol. The van der Waals surface area contributed by atoms with Crippen molar-refractivity contribution in [2.75, 3.05) is 36.6 Å². The largest absolute Gasteiger partial charge is 0.374 e. The number of amides is 3. The Morgan fingerprint density at radius 1 is 1.17 bits per heavy atom. The maximum absolute atomic E-state index is 13.2. The van der Waals surface area contributed by atoms with Gasteiger partial charge in [-0.05, 0) is 48.4 Å². The molecular formula is C26H26ClN3O5S. The van der Waals surface area contributed by atoms with Crippen LogP contribution in [0, 0.1) is 6.92 Å². The fourth-order valence-corrected chi connectivity index (χ4v) is 4.70. The maximum atomic E-state index is 13.2. The van der Waals surface area contributed by atoms with Crippen LogP contribution >= 0.6 is 22.9 Å². The van der Waals surface area contributed by atoms with Crippen LogP contribution in [0.1, 0.15) is 20.8 Å². The molecule has 0 unspecified atom stereocenters. The van der Waals surface area contributed by atoms with Crippen LogP contribution in [0.3, 0.4) is 0 Å². The van der Waals surface area contributed by atoms with Crippen molar-refractivity contribution < 1.29 is 23.9 Å². The fraction of sp³-hybridized carbons (Fsp3) is 0.269. The summed E-state index contributed by atoms with van der Waals surface area (Å²) in [4.78, 5) is 40.2. The molecule has 0 bridgehead atoms. The number of rotatable bonds is 9. The van der Waals surface area contributed by atoms with Gasteiger partial charge in [-0.2, -0.15) is 0 Å². The lowest BCUT2D eigenvalue weighted by Gasteiger charge is -2.28. The summed E-state index contributed by atoms with van der Waals surface area (Å²) in [5, 5.41) is 5.60. The Morgan fingerprint density at radius 2 is 1.97 bits per heavy atom. The molecule has 8 nitrogen and oxygen atoms in total. The van der Waals surface area contributed by atoms with E-state index in [1.807, 2.05) is 37.3 Å². The highest BCUT2D eigenvalue weighted by molar-refractivity contribution is 7.18. The van der Waals surface area contributed by atoms with E-state index in [1.54, 1.807) is 35.2 Å². The van der Waals surface area contributed by atoms with Crippen molar-refractivity contribution >= 4 is 52.0 Å². The molecule has 3 amide bonds. The number of nitrogens with one attached hydrogen (secondary N) is 2. The molecule has 2 aromatic carbocycles. The highest BCUT2D eigenvalue weighted by atomic mass is 35.5. The number of carbonyl (C=O) groups excluding carboxylic acids is 3. The lowest BCUT2D eigenvalue weighted by atomic mass is 10.1. The van der Waals surface area contributed by atoms with Crippen molar-refractivity contribution in [3.05, 3.63) is 81.0 Å². The van der Waals surface area contributed by atoms with Crippen LogP contribution < -0.4 is 15.5 Å². The molecule has 0 saturated carbocycles. The van der Waals surface area contributed by atoms with Crippen molar-refractivity contribution in [3.8, 4) is 0 Å². The zero-order valence-electron chi connectivity index (χ0n) is 19.7. The lowest BCUT2D eigenvalue weighted by Crippen LogP contribution is -2.46. The summed E-state index contributed by atoms with van der Waals surface area (Å²) in [6, 6.07) is 17.2. The molecule has 1 aliphatic rings. The molecule has 2 heterocycles. The molecule has 10 heteroatoms. The van der Waals surface area contributed by atoms with Crippen molar-refractivity contribution in [1.29, 1.82) is 0 Å². The minimum atomic E-state index is -0.942. The SMILES string of the molecule is Cc1cc(NC(=O)[C@@H](COCc2ccccc2)NC(=O)c2ccc(Cl)s2)ccc1N1CCOCC1=O. The topological polar surface area (TPSA) is 97.0 Å². The van der Waals surface area contributed by atoms with Crippen LogP contribution in [-0.4, -0.2) is 50.1 Å². The molecule has 1 saturated heterocycles. The summed E-state index contributed by atoms with van der Waals surface area (Å²) < 4.78 is 11.4. The summed E-state index contributed by atoms with van der Waals surface area (Å²) in [7, 11) is 0. The predicted octanol–water partition coefficient (Wildman–Crippen LogP) is 4.03. The van der Waals surface area contributed by atoms with E-state index in [2.05, 4.69) is 10.6 Å². The molecule has 0 aliphatic carbocycles. The summed E-state index contributed by atoms with van der Waals surface area (Å²) in [6.45, 7) is 3.15. The number of aryl methyl sites for hydroxylation is 1. The summed E-state index contributed by atoms with van der Waals surface area (Å²) in [5.74, 6) is -0.936. The van der Waals surface area contributed by atoms with E-state index in [9.17, 15) is 14.4 Å². The smallest absolute Gasteiger partial charge is 0.262 e. The number of nitrogens with zero attached hydrogens (tertiary/aromatic N) is 1. The van der Waals surface area contributed by atoms with Crippen LogP contribution in [0.25, 0.3) is 0 Å². The monoisotopic (exact) mass is 527 g/mol. The van der Waals surface area contributed by atoms with Gasteiger partial charge < -0.3 is 25.0 Å². The van der Waals surface area contributed by atoms with Gasteiger partial charge in [-0.1, -0.05) is 41.9 Å². The second-order valence-corrected chi connectivity index (χ2v) is 9.93. The van der Waals surface area contributed by atoms with Gasteiger partial charge in [-0.15, -0.1) is 11.3 Å². The zero-order valence-corrected chi connectivity index (χ0v) is 21.2. The van der Waals surface area contributed by atoms with Crippen molar-refractivity contribution in [1.82, 2.24) is 5.32 Å². The number of morpholine rings is 1. The third kappa shape index (κ3) is 6.70. The quantitative estimate of drug-likeness (QED) is 0.438. The van der Waals surface area contributed by atoms with Crippen LogP contribution in [0.2, 0.25) is 4.34 Å². The van der Waals surface area contributed by atoms with Crippen molar-refractivity contribution in [2.24, 2.45) is 0 Å². The van der Waals surface area contributed by atoms with Gasteiger partial charge in [0, 0.05) is 17.9 Å². The third-order valence-corrected chi connectivity index (χ3v) is 6.79. The van der Waals surface area contributed by atoms with E-state index in [-0.39, 0.29) is 19.1 Å². The van der Waals surface area contributed by atoms with Gasteiger partial charge in [0.05, 0.1) is 29.0 Å². The standard InChI is InChI=1S/C26H26ClN3O5S/c1-17-13-19(7-8-21(17)30-11-12-34-16-24(30)31)28-25(32)20(15-35-14-18-5-3-2-4-6-18)29-26(33)22-9-10-23(27)36-22/h2-10,13,20H,11-12,14-16H2,1H3,(H,28,32)(H,29,33)/t20-/m1/s1. The second-order valence-electron chi connectivity index (χ2n) is 8.22. The Kier molecular flexibility index (Phi) is 8.71. The van der Waals surface area contributed by atoms with Crippen LogP contribution in [-0.2, 0) is 25.7 Å². The minimum Gasteiger partial charge on any atom is -0.374 e. The summed E-state index contributed by atoms with van der Waals surface area (Å²) >= 11 is 7.09. The van der Waals surface area contributed by atoms with Crippen molar-refractivity contribution in [3.63, 3.8) is 0 Å². The summed E-state index contributed by atoms with van der Waals surface area (Å²) in [6.07, 6.45) is 0. The fourth-order valence-electron chi connectivity index (χ4n) is 3.76. The minimum absolute atomic E-state index is 0.0229. The first-order valence-corrected chi connectivity index (χ1v) is 12.6.